The van der Waals surface area contributed by atoms with Gasteiger partial charge in [-0.25, -0.2) is 4.98 Å². The molecule has 142 valence electrons. The summed E-state index contributed by atoms with van der Waals surface area (Å²) in [7, 11) is 0. The largest absolute Gasteiger partial charge is 0.373 e. The molecule has 0 amide bonds. The molecule has 1 fully saturated rings. The average Bonchev–Trinajstić information content (AvgIpc) is 3.37. The van der Waals surface area contributed by atoms with Gasteiger partial charge in [0, 0.05) is 30.9 Å². The molecule has 1 aromatic carbocycles. The Balaban J connectivity index is 1.47. The molecule has 8 heteroatoms. The van der Waals surface area contributed by atoms with Crippen LogP contribution in [0.4, 0.5) is 5.82 Å². The predicted octanol–water partition coefficient (Wildman–Crippen LogP) is 2.20. The Hall–Kier alpha value is -3.26. The monoisotopic (exact) mass is 375 g/mol. The van der Waals surface area contributed by atoms with Gasteiger partial charge in [0.05, 0.1) is 31.1 Å². The van der Waals surface area contributed by atoms with E-state index in [2.05, 4.69) is 43.3 Å². The molecule has 1 saturated heterocycles. The van der Waals surface area contributed by atoms with Crippen molar-refractivity contribution in [1.82, 2.24) is 29.4 Å². The molecule has 28 heavy (non-hydrogen) atoms. The number of nitrogens with zero attached hydrogens (tertiary/aromatic N) is 7. The lowest BCUT2D eigenvalue weighted by Gasteiger charge is -2.34. The van der Waals surface area contributed by atoms with Crippen molar-refractivity contribution < 1.29 is 4.74 Å². The third-order valence-corrected chi connectivity index (χ3v) is 4.92. The van der Waals surface area contributed by atoms with Crippen LogP contribution in [0.2, 0.25) is 0 Å². The number of benzene rings is 1. The van der Waals surface area contributed by atoms with Crippen molar-refractivity contribution in [2.75, 3.05) is 24.6 Å². The van der Waals surface area contributed by atoms with Crippen LogP contribution in [-0.4, -0.2) is 55.2 Å². The molecule has 8 nitrogen and oxygen atoms in total. The van der Waals surface area contributed by atoms with Crippen LogP contribution >= 0.6 is 0 Å². The smallest absolute Gasteiger partial charge is 0.254 e. The summed E-state index contributed by atoms with van der Waals surface area (Å²) in [4.78, 5) is 11.3. The zero-order valence-electron chi connectivity index (χ0n) is 15.6. The first kappa shape index (κ1) is 16.9. The number of rotatable bonds is 4. The fourth-order valence-electron chi connectivity index (χ4n) is 3.59. The fourth-order valence-corrected chi connectivity index (χ4v) is 3.59. The maximum absolute atomic E-state index is 5.99. The molecule has 3 aromatic heterocycles. The summed E-state index contributed by atoms with van der Waals surface area (Å²) in [5.74, 6) is 1.58. The number of ether oxygens (including phenoxy) is 1. The standard InChI is InChI=1S/C20H21N7O/c1-15-10-22-26(11-15)13-17-12-25(7-8-28-17)19-9-18(16-5-3-2-4-6-16)24-20-21-14-23-27(19)20/h2-6,9-11,14,17H,7-8,12-13H2,1H3. The molecule has 1 aliphatic heterocycles. The lowest BCUT2D eigenvalue weighted by molar-refractivity contribution is 0.0270. The number of aromatic nitrogens is 6. The normalized spacial score (nSPS) is 17.3. The highest BCUT2D eigenvalue weighted by atomic mass is 16.5. The van der Waals surface area contributed by atoms with Gasteiger partial charge in [-0.2, -0.15) is 19.7 Å². The Morgan fingerprint density at radius 1 is 1.18 bits per heavy atom. The van der Waals surface area contributed by atoms with Crippen molar-refractivity contribution in [2.45, 2.75) is 19.6 Å². The molecule has 1 unspecified atom stereocenters. The molecule has 0 N–H and O–H groups in total. The van der Waals surface area contributed by atoms with Crippen LogP contribution in [0.3, 0.4) is 0 Å². The Kier molecular flexibility index (Phi) is 4.25. The fraction of sp³-hybridized carbons (Fsp3) is 0.300. The van der Waals surface area contributed by atoms with Gasteiger partial charge in [0.1, 0.15) is 12.1 Å². The Labute approximate surface area is 162 Å². The molecule has 1 atom stereocenters. The summed E-state index contributed by atoms with van der Waals surface area (Å²) < 4.78 is 9.73. The quantitative estimate of drug-likeness (QED) is 0.544. The van der Waals surface area contributed by atoms with Crippen molar-refractivity contribution in [2.24, 2.45) is 0 Å². The summed E-state index contributed by atoms with van der Waals surface area (Å²) in [6.45, 7) is 4.97. The van der Waals surface area contributed by atoms with E-state index in [1.165, 1.54) is 0 Å². The molecule has 0 spiro atoms. The van der Waals surface area contributed by atoms with Gasteiger partial charge in [-0.1, -0.05) is 30.3 Å². The van der Waals surface area contributed by atoms with Gasteiger partial charge in [0.15, 0.2) is 0 Å². The Morgan fingerprint density at radius 3 is 2.89 bits per heavy atom. The van der Waals surface area contributed by atoms with Crippen molar-refractivity contribution in [3.63, 3.8) is 0 Å². The topological polar surface area (TPSA) is 73.4 Å². The molecule has 4 aromatic rings. The van der Waals surface area contributed by atoms with E-state index in [0.717, 1.165) is 42.3 Å². The molecular weight excluding hydrogens is 354 g/mol. The molecule has 0 bridgehead atoms. The zero-order valence-corrected chi connectivity index (χ0v) is 15.6. The molecule has 0 saturated carbocycles. The highest BCUT2D eigenvalue weighted by Gasteiger charge is 2.24. The third-order valence-electron chi connectivity index (χ3n) is 4.92. The van der Waals surface area contributed by atoms with Gasteiger partial charge >= 0.3 is 0 Å². The predicted molar refractivity (Wildman–Crippen MR) is 105 cm³/mol. The summed E-state index contributed by atoms with van der Waals surface area (Å²) in [6.07, 6.45) is 5.51. The van der Waals surface area contributed by atoms with Crippen molar-refractivity contribution in [3.05, 3.63) is 60.7 Å². The first-order chi connectivity index (χ1) is 13.8. The number of fused-ring (bicyclic) bond motifs is 1. The highest BCUT2D eigenvalue weighted by molar-refractivity contribution is 5.65. The number of morpholine rings is 1. The molecule has 1 aliphatic rings. The van der Waals surface area contributed by atoms with E-state index < -0.39 is 0 Å². The van der Waals surface area contributed by atoms with Gasteiger partial charge in [-0.05, 0) is 12.5 Å². The van der Waals surface area contributed by atoms with Crippen LogP contribution in [-0.2, 0) is 11.3 Å². The lowest BCUT2D eigenvalue weighted by Crippen LogP contribution is -2.45. The second-order valence-electron chi connectivity index (χ2n) is 7.02. The zero-order chi connectivity index (χ0) is 18.9. The van der Waals surface area contributed by atoms with E-state index in [4.69, 9.17) is 4.74 Å². The van der Waals surface area contributed by atoms with E-state index in [1.807, 2.05) is 42.2 Å². The van der Waals surface area contributed by atoms with Gasteiger partial charge < -0.3 is 9.64 Å². The molecule has 0 radical (unpaired) electrons. The van der Waals surface area contributed by atoms with Crippen molar-refractivity contribution in [3.8, 4) is 11.3 Å². The molecule has 0 aliphatic carbocycles. The molecular formula is C20H21N7O. The van der Waals surface area contributed by atoms with Crippen LogP contribution in [0.1, 0.15) is 5.56 Å². The first-order valence-electron chi connectivity index (χ1n) is 9.38. The number of anilines is 1. The molecule has 4 heterocycles. The molecule has 5 rings (SSSR count). The summed E-state index contributed by atoms with van der Waals surface area (Å²) in [5, 5.41) is 8.77. The van der Waals surface area contributed by atoms with Gasteiger partial charge in [-0.15, -0.1) is 0 Å². The minimum Gasteiger partial charge on any atom is -0.373 e. The van der Waals surface area contributed by atoms with Crippen LogP contribution in [0.25, 0.3) is 17.0 Å². The van der Waals surface area contributed by atoms with Crippen LogP contribution < -0.4 is 4.90 Å². The van der Waals surface area contributed by atoms with Crippen molar-refractivity contribution in [1.29, 1.82) is 0 Å². The summed E-state index contributed by atoms with van der Waals surface area (Å²) >= 11 is 0. The van der Waals surface area contributed by atoms with E-state index in [9.17, 15) is 0 Å². The number of hydrogen-bond acceptors (Lipinski definition) is 6. The number of aryl methyl sites for hydroxylation is 1. The van der Waals surface area contributed by atoms with Gasteiger partial charge in [0.25, 0.3) is 5.78 Å². The number of hydrogen-bond donors (Lipinski definition) is 0. The van der Waals surface area contributed by atoms with Crippen LogP contribution in [0.15, 0.2) is 55.1 Å². The Bertz CT molecular complexity index is 1090. The van der Waals surface area contributed by atoms with Crippen molar-refractivity contribution >= 4 is 11.6 Å². The first-order valence-corrected chi connectivity index (χ1v) is 9.38. The second-order valence-corrected chi connectivity index (χ2v) is 7.02. The maximum atomic E-state index is 5.99. The Morgan fingerprint density at radius 2 is 2.07 bits per heavy atom. The minimum absolute atomic E-state index is 0.0555. The summed E-state index contributed by atoms with van der Waals surface area (Å²) in [6, 6.07) is 12.2. The minimum atomic E-state index is 0.0555. The third kappa shape index (κ3) is 3.22. The van der Waals surface area contributed by atoms with Gasteiger partial charge in [-0.3, -0.25) is 4.68 Å². The van der Waals surface area contributed by atoms with E-state index >= 15 is 0 Å². The average molecular weight is 375 g/mol. The highest BCUT2D eigenvalue weighted by Crippen LogP contribution is 2.25. The lowest BCUT2D eigenvalue weighted by atomic mass is 10.1. The van der Waals surface area contributed by atoms with E-state index in [0.29, 0.717) is 12.4 Å². The van der Waals surface area contributed by atoms with E-state index in [-0.39, 0.29) is 6.10 Å². The van der Waals surface area contributed by atoms with Crippen LogP contribution in [0.5, 0.6) is 0 Å². The summed E-state index contributed by atoms with van der Waals surface area (Å²) in [5.41, 5.74) is 3.10. The maximum Gasteiger partial charge on any atom is 0.254 e. The second kappa shape index (κ2) is 7.05. The van der Waals surface area contributed by atoms with E-state index in [1.54, 1.807) is 10.8 Å². The van der Waals surface area contributed by atoms with Gasteiger partial charge in [0.2, 0.25) is 0 Å². The van der Waals surface area contributed by atoms with Crippen LogP contribution in [0, 0.1) is 6.92 Å². The SMILES string of the molecule is Cc1cnn(CC2CN(c3cc(-c4ccccc4)nc4ncnn34)CCO2)c1.